The molecular weight excluding hydrogens is 354 g/mol. The number of rotatable bonds is 2. The van der Waals surface area contributed by atoms with Crippen LogP contribution in [-0.4, -0.2) is 64.9 Å². The molecule has 1 aromatic rings. The van der Waals surface area contributed by atoms with Crippen LogP contribution in [0.25, 0.3) is 0 Å². The van der Waals surface area contributed by atoms with E-state index in [0.717, 1.165) is 0 Å². The topological polar surface area (TPSA) is 113 Å². The van der Waals surface area contributed by atoms with Gasteiger partial charge >= 0.3 is 12.1 Å². The Labute approximate surface area is 156 Å². The van der Waals surface area contributed by atoms with Gasteiger partial charge in [-0.3, -0.25) is 4.79 Å². The molecule has 146 valence electrons. The summed E-state index contributed by atoms with van der Waals surface area (Å²) >= 11 is 0. The van der Waals surface area contributed by atoms with Crippen molar-refractivity contribution in [3.8, 4) is 5.75 Å². The molecule has 3 rings (SSSR count). The van der Waals surface area contributed by atoms with Gasteiger partial charge in [0, 0.05) is 12.1 Å². The van der Waals surface area contributed by atoms with Gasteiger partial charge in [0.05, 0.1) is 29.2 Å². The molecule has 2 aliphatic rings. The fourth-order valence-corrected chi connectivity index (χ4v) is 3.68. The van der Waals surface area contributed by atoms with Gasteiger partial charge in [-0.2, -0.15) is 0 Å². The van der Waals surface area contributed by atoms with Gasteiger partial charge < -0.3 is 24.6 Å². The predicted molar refractivity (Wildman–Crippen MR) is 94.4 cm³/mol. The van der Waals surface area contributed by atoms with Crippen LogP contribution in [0.5, 0.6) is 5.75 Å². The first-order valence-corrected chi connectivity index (χ1v) is 8.74. The number of hydrogen-bond acceptors (Lipinski definition) is 6. The molecule has 1 aromatic carbocycles. The summed E-state index contributed by atoms with van der Waals surface area (Å²) in [5.74, 6) is -1.01. The molecule has 0 aromatic heterocycles. The van der Waals surface area contributed by atoms with Crippen LogP contribution in [0.4, 0.5) is 4.79 Å². The number of nitrogens with zero attached hydrogens (tertiary/aromatic N) is 1. The maximum Gasteiger partial charge on any atom is 0.410 e. The highest BCUT2D eigenvalue weighted by atomic mass is 16.6. The minimum absolute atomic E-state index is 0.0290. The van der Waals surface area contributed by atoms with Gasteiger partial charge in [0.1, 0.15) is 18.0 Å². The lowest BCUT2D eigenvalue weighted by Gasteiger charge is -2.42. The lowest BCUT2D eigenvalue weighted by molar-refractivity contribution is -0.0281. The van der Waals surface area contributed by atoms with Gasteiger partial charge in [-0.25, -0.2) is 9.59 Å². The van der Waals surface area contributed by atoms with E-state index in [2.05, 4.69) is 0 Å². The van der Waals surface area contributed by atoms with E-state index in [0.29, 0.717) is 24.8 Å². The van der Waals surface area contributed by atoms with Crippen molar-refractivity contribution in [1.82, 2.24) is 4.90 Å². The van der Waals surface area contributed by atoms with Crippen molar-refractivity contribution < 1.29 is 34.1 Å². The molecule has 0 aliphatic carbocycles. The second-order valence-electron chi connectivity index (χ2n) is 7.96. The normalized spacial score (nSPS) is 24.3. The van der Waals surface area contributed by atoms with Crippen LogP contribution in [0.2, 0.25) is 0 Å². The average molecular weight is 377 g/mol. The standard InChI is InChI=1S/C19H23NO7/c1-18(2,3)27-17(25)20-7-6-19(14(22)8-20)10-26-15-12(9-21)11(16(23)24)4-5-13(15)19/h4-5,9,14,22H,6-8,10H2,1-3H3,(H,23,24)/t14-,19?/m0/s1. The molecule has 2 heterocycles. The lowest BCUT2D eigenvalue weighted by atomic mass is 9.72. The number of piperidine rings is 1. The fourth-order valence-electron chi connectivity index (χ4n) is 3.68. The first kappa shape index (κ1) is 19.2. The van der Waals surface area contributed by atoms with Gasteiger partial charge in [-0.15, -0.1) is 0 Å². The molecule has 8 heteroatoms. The Morgan fingerprint density at radius 2 is 2.07 bits per heavy atom. The first-order valence-electron chi connectivity index (χ1n) is 8.74. The van der Waals surface area contributed by atoms with Gasteiger partial charge in [-0.05, 0) is 33.3 Å². The number of ether oxygens (including phenoxy) is 2. The van der Waals surface area contributed by atoms with E-state index >= 15 is 0 Å². The molecule has 0 radical (unpaired) electrons. The summed E-state index contributed by atoms with van der Waals surface area (Å²) in [6, 6.07) is 2.94. The highest BCUT2D eigenvalue weighted by molar-refractivity contribution is 5.99. The lowest BCUT2D eigenvalue weighted by Crippen LogP contribution is -2.56. The number of aliphatic hydroxyl groups is 1. The van der Waals surface area contributed by atoms with Crippen LogP contribution in [0, 0.1) is 0 Å². The quantitative estimate of drug-likeness (QED) is 0.756. The van der Waals surface area contributed by atoms with Crippen LogP contribution < -0.4 is 4.74 Å². The van der Waals surface area contributed by atoms with E-state index in [1.165, 1.54) is 11.0 Å². The molecule has 1 spiro atoms. The van der Waals surface area contributed by atoms with Crippen molar-refractivity contribution in [2.75, 3.05) is 19.7 Å². The van der Waals surface area contributed by atoms with Crippen LogP contribution in [-0.2, 0) is 10.2 Å². The van der Waals surface area contributed by atoms with Crippen molar-refractivity contribution in [2.24, 2.45) is 0 Å². The van der Waals surface area contributed by atoms with Crippen LogP contribution in [0.15, 0.2) is 12.1 Å². The number of benzene rings is 1. The van der Waals surface area contributed by atoms with Crippen molar-refractivity contribution in [3.05, 3.63) is 28.8 Å². The second-order valence-corrected chi connectivity index (χ2v) is 7.96. The predicted octanol–water partition coefficient (Wildman–Crippen LogP) is 1.83. The number of aldehydes is 1. The Morgan fingerprint density at radius 3 is 2.63 bits per heavy atom. The molecular formula is C19H23NO7. The van der Waals surface area contributed by atoms with E-state index in [1.54, 1.807) is 26.8 Å². The van der Waals surface area contributed by atoms with E-state index in [-0.39, 0.29) is 30.0 Å². The average Bonchev–Trinajstić information content (AvgIpc) is 2.94. The first-order chi connectivity index (χ1) is 12.6. The minimum atomic E-state index is -1.22. The van der Waals surface area contributed by atoms with Gasteiger partial charge in [-0.1, -0.05) is 6.07 Å². The third-order valence-electron chi connectivity index (χ3n) is 5.07. The van der Waals surface area contributed by atoms with Gasteiger partial charge in [0.25, 0.3) is 0 Å². The summed E-state index contributed by atoms with van der Waals surface area (Å²) in [6.45, 7) is 5.86. The third-order valence-corrected chi connectivity index (χ3v) is 5.07. The Hall–Kier alpha value is -2.61. The molecule has 1 saturated heterocycles. The summed E-state index contributed by atoms with van der Waals surface area (Å²) in [5.41, 5.74) is -0.985. The molecule has 0 saturated carbocycles. The molecule has 2 atom stereocenters. The third kappa shape index (κ3) is 3.25. The Kier molecular flexibility index (Phi) is 4.63. The van der Waals surface area contributed by atoms with Gasteiger partial charge in [0.15, 0.2) is 6.29 Å². The van der Waals surface area contributed by atoms with Crippen molar-refractivity contribution >= 4 is 18.3 Å². The number of amides is 1. The Morgan fingerprint density at radius 1 is 1.37 bits per heavy atom. The van der Waals surface area contributed by atoms with E-state index < -0.39 is 29.2 Å². The Balaban J connectivity index is 1.88. The molecule has 27 heavy (non-hydrogen) atoms. The largest absolute Gasteiger partial charge is 0.491 e. The Bertz CT molecular complexity index is 798. The number of hydrogen-bond donors (Lipinski definition) is 2. The minimum Gasteiger partial charge on any atom is -0.491 e. The van der Waals surface area contributed by atoms with Gasteiger partial charge in [0.2, 0.25) is 0 Å². The number of carbonyl (C=O) groups is 3. The number of aromatic carboxylic acids is 1. The summed E-state index contributed by atoms with van der Waals surface area (Å²) in [6.07, 6.45) is -0.560. The maximum atomic E-state index is 12.3. The van der Waals surface area contributed by atoms with Crippen molar-refractivity contribution in [3.63, 3.8) is 0 Å². The number of β-amino-alcohol motifs (C(OH)–C–C–N with tert-alkyl or cyclic N) is 1. The fraction of sp³-hybridized carbons (Fsp3) is 0.526. The SMILES string of the molecule is CC(C)(C)OC(=O)N1CCC2(COc3c2ccc(C(=O)O)c3C=O)[C@@H](O)C1. The molecule has 8 nitrogen and oxygen atoms in total. The zero-order valence-electron chi connectivity index (χ0n) is 15.5. The zero-order valence-corrected chi connectivity index (χ0v) is 15.5. The van der Waals surface area contributed by atoms with Crippen LogP contribution in [0.1, 0.15) is 53.5 Å². The van der Waals surface area contributed by atoms with Crippen LogP contribution in [0.3, 0.4) is 0 Å². The van der Waals surface area contributed by atoms with Crippen molar-refractivity contribution in [2.45, 2.75) is 44.3 Å². The zero-order chi connectivity index (χ0) is 20.0. The molecule has 1 unspecified atom stereocenters. The number of carboxylic acid groups (broad SMARTS) is 1. The molecule has 1 amide bonds. The van der Waals surface area contributed by atoms with E-state index in [4.69, 9.17) is 9.47 Å². The summed E-state index contributed by atoms with van der Waals surface area (Å²) in [7, 11) is 0. The van der Waals surface area contributed by atoms with E-state index in [9.17, 15) is 24.6 Å². The number of likely N-dealkylation sites (tertiary alicyclic amines) is 1. The number of carboxylic acids is 1. The highest BCUT2D eigenvalue weighted by Gasteiger charge is 2.51. The molecule has 0 bridgehead atoms. The second kappa shape index (κ2) is 6.53. The number of fused-ring (bicyclic) bond motifs is 2. The van der Waals surface area contributed by atoms with Crippen LogP contribution >= 0.6 is 0 Å². The number of aliphatic hydroxyl groups excluding tert-OH is 1. The summed E-state index contributed by atoms with van der Waals surface area (Å²) in [5, 5.41) is 20.1. The molecule has 1 fully saturated rings. The summed E-state index contributed by atoms with van der Waals surface area (Å²) in [4.78, 5) is 36.5. The smallest absolute Gasteiger partial charge is 0.410 e. The highest BCUT2D eigenvalue weighted by Crippen LogP contribution is 2.47. The van der Waals surface area contributed by atoms with Crippen molar-refractivity contribution in [1.29, 1.82) is 0 Å². The van der Waals surface area contributed by atoms with E-state index in [1.807, 2.05) is 0 Å². The maximum absolute atomic E-state index is 12.3. The number of carbonyl (C=O) groups excluding carboxylic acids is 2. The monoisotopic (exact) mass is 377 g/mol. The molecule has 2 N–H and O–H groups in total. The molecule has 2 aliphatic heterocycles. The summed E-state index contributed by atoms with van der Waals surface area (Å²) < 4.78 is 11.0.